The number of alkyl halides is 2. The number of aliphatic hydroxyl groups is 1. The molecule has 0 spiro atoms. The molecule has 7 rings (SSSR count). The fraction of sp³-hybridized carbons (Fsp3) is 0.370. The fourth-order valence-corrected chi connectivity index (χ4v) is 6.09. The van der Waals surface area contributed by atoms with Crippen LogP contribution in [0.1, 0.15) is 48.2 Å². The molecule has 1 N–H and O–H groups in total. The summed E-state index contributed by atoms with van der Waals surface area (Å²) in [6, 6.07) is 11.2. The Hall–Kier alpha value is -3.63. The molecule has 2 bridgehead atoms. The van der Waals surface area contributed by atoms with Crippen LogP contribution in [-0.2, 0) is 4.74 Å². The highest BCUT2D eigenvalue weighted by atomic mass is 19.3. The van der Waals surface area contributed by atoms with Gasteiger partial charge in [-0.05, 0) is 37.5 Å². The van der Waals surface area contributed by atoms with Crippen LogP contribution < -0.4 is 9.64 Å². The summed E-state index contributed by atoms with van der Waals surface area (Å²) in [7, 11) is 0. The molecule has 2 aliphatic heterocycles. The third-order valence-corrected chi connectivity index (χ3v) is 7.74. The molecule has 0 saturated carbocycles. The molecule has 0 radical (unpaired) electrons. The number of hydrogen-bond acceptors (Lipinski definition) is 7. The second kappa shape index (κ2) is 8.74. The van der Waals surface area contributed by atoms with Crippen molar-refractivity contribution in [2.24, 2.45) is 0 Å². The fourth-order valence-electron chi connectivity index (χ4n) is 6.09. The van der Waals surface area contributed by atoms with Crippen molar-refractivity contribution in [1.29, 1.82) is 0 Å². The van der Waals surface area contributed by atoms with Gasteiger partial charge < -0.3 is 23.9 Å². The van der Waals surface area contributed by atoms with Crippen LogP contribution in [0.25, 0.3) is 16.8 Å². The van der Waals surface area contributed by atoms with Gasteiger partial charge in [0.2, 0.25) is 5.95 Å². The number of ether oxygens (including phenoxy) is 2. The van der Waals surface area contributed by atoms with Crippen LogP contribution >= 0.6 is 0 Å². The lowest BCUT2D eigenvalue weighted by molar-refractivity contribution is -0.0506. The topological polar surface area (TPSA) is 85.0 Å². The summed E-state index contributed by atoms with van der Waals surface area (Å²) in [5.74, 6) is 0.485. The predicted octanol–water partition coefficient (Wildman–Crippen LogP) is 4.33. The molecule has 3 aromatic heterocycles. The monoisotopic (exact) mass is 505 g/mol. The van der Waals surface area contributed by atoms with Crippen LogP contribution in [0.15, 0.2) is 55.0 Å². The summed E-state index contributed by atoms with van der Waals surface area (Å²) in [6.07, 6.45) is 7.33. The molecular formula is C27H25F2N5O3. The molecule has 1 aromatic carbocycles. The molecule has 4 atom stereocenters. The minimum Gasteiger partial charge on any atom is -0.435 e. The zero-order valence-electron chi connectivity index (χ0n) is 19.9. The van der Waals surface area contributed by atoms with Crippen LogP contribution in [0, 0.1) is 0 Å². The van der Waals surface area contributed by atoms with E-state index < -0.39 is 12.7 Å². The molecule has 10 heteroatoms. The lowest BCUT2D eigenvalue weighted by Crippen LogP contribution is -2.46. The van der Waals surface area contributed by atoms with Crippen molar-refractivity contribution in [2.75, 3.05) is 18.1 Å². The number of aliphatic hydroxyl groups excluding tert-OH is 1. The SMILES string of the molecule is O[C@@H]1C[C@H](c2ccccc2OC(F)F)c2c1nc1ccc(-c3cnc(N4[C@@H]5CC[C@H]4COC5)nc3)cn21. The molecule has 0 unspecified atom stereocenters. The first-order chi connectivity index (χ1) is 18.1. The van der Waals surface area contributed by atoms with Gasteiger partial charge in [-0.15, -0.1) is 0 Å². The van der Waals surface area contributed by atoms with Gasteiger partial charge in [0.05, 0.1) is 42.8 Å². The maximum absolute atomic E-state index is 13.1. The van der Waals surface area contributed by atoms with E-state index in [4.69, 9.17) is 9.47 Å². The van der Waals surface area contributed by atoms with Gasteiger partial charge in [0.1, 0.15) is 11.4 Å². The number of aromatic nitrogens is 4. The van der Waals surface area contributed by atoms with Crippen molar-refractivity contribution in [3.05, 3.63) is 71.9 Å². The zero-order valence-corrected chi connectivity index (χ0v) is 19.9. The average molecular weight is 506 g/mol. The van der Waals surface area contributed by atoms with E-state index >= 15 is 0 Å². The van der Waals surface area contributed by atoms with Crippen LogP contribution in [0.3, 0.4) is 0 Å². The Balaban J connectivity index is 1.25. The molecule has 5 heterocycles. The molecule has 0 amide bonds. The zero-order chi connectivity index (χ0) is 25.1. The number of halogens is 2. The molecular weight excluding hydrogens is 480 g/mol. The number of morpholine rings is 1. The van der Waals surface area contributed by atoms with E-state index in [1.807, 2.05) is 35.1 Å². The second-order valence-electron chi connectivity index (χ2n) is 9.85. The Bertz CT molecular complexity index is 1440. The van der Waals surface area contributed by atoms with Gasteiger partial charge in [-0.2, -0.15) is 8.78 Å². The van der Waals surface area contributed by atoms with E-state index in [-0.39, 0.29) is 11.7 Å². The number of hydrogen-bond donors (Lipinski definition) is 1. The molecule has 3 aliphatic rings. The molecule has 2 fully saturated rings. The number of fused-ring (bicyclic) bond motifs is 5. The quantitative estimate of drug-likeness (QED) is 0.432. The lowest BCUT2D eigenvalue weighted by atomic mass is 9.95. The maximum atomic E-state index is 13.1. The van der Waals surface area contributed by atoms with Crippen molar-refractivity contribution in [1.82, 2.24) is 19.4 Å². The first-order valence-corrected chi connectivity index (χ1v) is 12.5. The number of anilines is 1. The first kappa shape index (κ1) is 22.6. The Morgan fingerprint density at radius 1 is 1.00 bits per heavy atom. The highest BCUT2D eigenvalue weighted by Gasteiger charge is 2.39. The van der Waals surface area contributed by atoms with Crippen molar-refractivity contribution >= 4 is 11.6 Å². The van der Waals surface area contributed by atoms with E-state index in [9.17, 15) is 13.9 Å². The second-order valence-corrected chi connectivity index (χ2v) is 9.85. The average Bonchev–Trinajstić information content (AvgIpc) is 3.52. The molecule has 4 aromatic rings. The Labute approximate surface area is 211 Å². The minimum absolute atomic E-state index is 0.106. The van der Waals surface area contributed by atoms with Gasteiger partial charge in [0.15, 0.2) is 0 Å². The van der Waals surface area contributed by atoms with Crippen LogP contribution in [-0.4, -0.2) is 56.4 Å². The van der Waals surface area contributed by atoms with Crippen molar-refractivity contribution in [3.63, 3.8) is 0 Å². The third kappa shape index (κ3) is 3.74. The number of para-hydroxylation sites is 1. The number of pyridine rings is 1. The standard InChI is InChI=1S/C27H25F2N5O3/c28-26(29)37-22-4-2-1-3-19(22)20-9-21(35)24-25(20)33-12-15(5-8-23(33)32-24)16-10-30-27(31-11-16)34-17-6-7-18(34)14-36-13-17/h1-5,8,10-12,17-18,20-21,26,35H,6-7,9,13-14H2/t17-,18+,20-,21-/m1/s1. The van der Waals surface area contributed by atoms with E-state index in [1.54, 1.807) is 18.2 Å². The third-order valence-electron chi connectivity index (χ3n) is 7.74. The van der Waals surface area contributed by atoms with E-state index in [0.29, 0.717) is 48.6 Å². The Morgan fingerprint density at radius 3 is 2.51 bits per heavy atom. The highest BCUT2D eigenvalue weighted by Crippen LogP contribution is 2.47. The molecule has 190 valence electrons. The van der Waals surface area contributed by atoms with E-state index in [0.717, 1.165) is 35.6 Å². The summed E-state index contributed by atoms with van der Waals surface area (Å²) >= 11 is 0. The number of nitrogens with zero attached hydrogens (tertiary/aromatic N) is 5. The van der Waals surface area contributed by atoms with Crippen LogP contribution in [0.4, 0.5) is 14.7 Å². The number of imidazole rings is 1. The van der Waals surface area contributed by atoms with Gasteiger partial charge in [0, 0.05) is 41.2 Å². The summed E-state index contributed by atoms with van der Waals surface area (Å²) in [4.78, 5) is 16.3. The van der Waals surface area contributed by atoms with Crippen molar-refractivity contribution in [3.8, 4) is 16.9 Å². The normalized spacial score (nSPS) is 24.7. The Kier molecular flexibility index (Phi) is 5.33. The summed E-state index contributed by atoms with van der Waals surface area (Å²) < 4.78 is 38.6. The highest BCUT2D eigenvalue weighted by molar-refractivity contribution is 5.65. The van der Waals surface area contributed by atoms with E-state index in [2.05, 4.69) is 19.9 Å². The molecule has 37 heavy (non-hydrogen) atoms. The predicted molar refractivity (Wildman–Crippen MR) is 131 cm³/mol. The van der Waals surface area contributed by atoms with Gasteiger partial charge in [0.25, 0.3) is 0 Å². The van der Waals surface area contributed by atoms with E-state index in [1.165, 1.54) is 6.07 Å². The summed E-state index contributed by atoms with van der Waals surface area (Å²) in [5, 5.41) is 10.8. The van der Waals surface area contributed by atoms with Gasteiger partial charge in [-0.3, -0.25) is 0 Å². The van der Waals surface area contributed by atoms with Crippen molar-refractivity contribution in [2.45, 2.75) is 50.0 Å². The number of benzene rings is 1. The van der Waals surface area contributed by atoms with Gasteiger partial charge in [-0.25, -0.2) is 15.0 Å². The van der Waals surface area contributed by atoms with Crippen LogP contribution in [0.5, 0.6) is 5.75 Å². The molecule has 2 saturated heterocycles. The first-order valence-electron chi connectivity index (χ1n) is 12.5. The smallest absolute Gasteiger partial charge is 0.387 e. The lowest BCUT2D eigenvalue weighted by Gasteiger charge is -2.34. The van der Waals surface area contributed by atoms with Crippen LogP contribution in [0.2, 0.25) is 0 Å². The largest absolute Gasteiger partial charge is 0.435 e. The minimum atomic E-state index is -2.93. The van der Waals surface area contributed by atoms with Crippen molar-refractivity contribution < 1.29 is 23.4 Å². The molecule has 1 aliphatic carbocycles. The summed E-state index contributed by atoms with van der Waals surface area (Å²) in [6.45, 7) is -1.51. The Morgan fingerprint density at radius 2 is 1.76 bits per heavy atom. The number of rotatable bonds is 5. The summed E-state index contributed by atoms with van der Waals surface area (Å²) in [5.41, 5.74) is 4.35. The maximum Gasteiger partial charge on any atom is 0.387 e. The molecule has 8 nitrogen and oxygen atoms in total. The van der Waals surface area contributed by atoms with Gasteiger partial charge >= 0.3 is 6.61 Å². The van der Waals surface area contributed by atoms with Gasteiger partial charge in [-0.1, -0.05) is 18.2 Å².